The van der Waals surface area contributed by atoms with E-state index in [1.807, 2.05) is 0 Å². The number of hydrogen-bond acceptors (Lipinski definition) is 4. The van der Waals surface area contributed by atoms with Crippen LogP contribution in [-0.2, 0) is 14.8 Å². The van der Waals surface area contributed by atoms with Crippen LogP contribution in [0.3, 0.4) is 0 Å². The first kappa shape index (κ1) is 15.9. The van der Waals surface area contributed by atoms with Crippen molar-refractivity contribution in [3.8, 4) is 0 Å². The maximum atomic E-state index is 12.2. The molecule has 0 unspecified atom stereocenters. The van der Waals surface area contributed by atoms with Gasteiger partial charge in [0.25, 0.3) is 0 Å². The Bertz CT molecular complexity index is 575. The summed E-state index contributed by atoms with van der Waals surface area (Å²) in [6.45, 7) is 0.115. The molecule has 8 heteroatoms. The number of sulfonamides is 1. The minimum Gasteiger partial charge on any atom is -0.398 e. The van der Waals surface area contributed by atoms with Crippen molar-refractivity contribution in [1.29, 1.82) is 0 Å². The number of nitrogens with zero attached hydrogens (tertiary/aromatic N) is 1. The van der Waals surface area contributed by atoms with Crippen molar-refractivity contribution in [2.75, 3.05) is 26.4 Å². The Morgan fingerprint density at radius 3 is 2.63 bits per heavy atom. The maximum absolute atomic E-state index is 12.2. The fourth-order valence-corrected chi connectivity index (χ4v) is 3.08. The number of carbonyl (C=O) groups is 1. The summed E-state index contributed by atoms with van der Waals surface area (Å²) in [7, 11) is -0.673. The average Bonchev–Trinajstić information content (AvgIpc) is 2.38. The van der Waals surface area contributed by atoms with Gasteiger partial charge in [0.05, 0.1) is 4.90 Å². The predicted molar refractivity (Wildman–Crippen MR) is 77.1 cm³/mol. The first-order valence-electron chi connectivity index (χ1n) is 5.51. The molecule has 0 aromatic heterocycles. The largest absolute Gasteiger partial charge is 0.398 e. The van der Waals surface area contributed by atoms with E-state index in [1.54, 1.807) is 0 Å². The fourth-order valence-electron chi connectivity index (χ4n) is 1.35. The van der Waals surface area contributed by atoms with E-state index in [-0.39, 0.29) is 23.8 Å². The molecule has 1 amide bonds. The van der Waals surface area contributed by atoms with Gasteiger partial charge < -0.3 is 11.1 Å². The van der Waals surface area contributed by atoms with E-state index in [2.05, 4.69) is 21.2 Å². The number of nitrogens with one attached hydrogen (secondary N) is 1. The van der Waals surface area contributed by atoms with Crippen LogP contribution in [-0.4, -0.2) is 39.3 Å². The minimum absolute atomic E-state index is 0.113. The highest BCUT2D eigenvalue weighted by atomic mass is 79.9. The second-order valence-corrected chi connectivity index (χ2v) is 6.83. The van der Waals surface area contributed by atoms with Crippen LogP contribution in [0.4, 0.5) is 5.69 Å². The molecule has 3 N–H and O–H groups in total. The van der Waals surface area contributed by atoms with Crippen LogP contribution in [0.2, 0.25) is 0 Å². The van der Waals surface area contributed by atoms with Gasteiger partial charge in [-0.25, -0.2) is 12.7 Å². The van der Waals surface area contributed by atoms with E-state index in [9.17, 15) is 13.2 Å². The van der Waals surface area contributed by atoms with E-state index >= 15 is 0 Å². The van der Waals surface area contributed by atoms with Crippen molar-refractivity contribution in [1.82, 2.24) is 9.62 Å². The molecule has 0 spiro atoms. The Labute approximate surface area is 121 Å². The van der Waals surface area contributed by atoms with Crippen LogP contribution in [0, 0.1) is 0 Å². The average molecular weight is 350 g/mol. The molecule has 0 heterocycles. The first-order chi connectivity index (χ1) is 8.78. The van der Waals surface area contributed by atoms with E-state index < -0.39 is 10.0 Å². The molecule has 0 saturated heterocycles. The van der Waals surface area contributed by atoms with Crippen molar-refractivity contribution >= 4 is 37.5 Å². The van der Waals surface area contributed by atoms with Crippen molar-refractivity contribution in [3.63, 3.8) is 0 Å². The molecule has 0 fully saturated rings. The van der Waals surface area contributed by atoms with E-state index in [1.165, 1.54) is 32.3 Å². The Balaban J connectivity index is 2.90. The highest BCUT2D eigenvalue weighted by Gasteiger charge is 2.21. The molecule has 0 radical (unpaired) electrons. The molecule has 1 rings (SSSR count). The van der Waals surface area contributed by atoms with Gasteiger partial charge in [-0.15, -0.1) is 0 Å². The molecular weight excluding hydrogens is 334 g/mol. The number of carbonyl (C=O) groups excluding carboxylic acids is 1. The Hall–Kier alpha value is -1.12. The molecule has 0 saturated carbocycles. The van der Waals surface area contributed by atoms with Gasteiger partial charge in [0, 0.05) is 37.2 Å². The third kappa shape index (κ3) is 3.92. The normalized spacial score (nSPS) is 11.6. The topological polar surface area (TPSA) is 92.5 Å². The lowest BCUT2D eigenvalue weighted by atomic mass is 10.3. The molecule has 0 atom stereocenters. The number of amides is 1. The summed E-state index contributed by atoms with van der Waals surface area (Å²) in [5.74, 6) is -0.208. The van der Waals surface area contributed by atoms with Crippen molar-refractivity contribution in [2.45, 2.75) is 11.3 Å². The molecule has 1 aromatic rings. The van der Waals surface area contributed by atoms with Gasteiger partial charge >= 0.3 is 0 Å². The number of anilines is 1. The van der Waals surface area contributed by atoms with Crippen LogP contribution in [0.1, 0.15) is 6.42 Å². The highest BCUT2D eigenvalue weighted by molar-refractivity contribution is 9.10. The molecule has 6 nitrogen and oxygen atoms in total. The summed E-state index contributed by atoms with van der Waals surface area (Å²) in [5.41, 5.74) is 6.08. The second kappa shape index (κ2) is 6.36. The van der Waals surface area contributed by atoms with Gasteiger partial charge in [0.2, 0.25) is 15.9 Å². The van der Waals surface area contributed by atoms with Gasteiger partial charge in [0.15, 0.2) is 0 Å². The summed E-state index contributed by atoms with van der Waals surface area (Å²) in [6.07, 6.45) is 0.113. The number of hydrogen-bond donors (Lipinski definition) is 2. The SMILES string of the molecule is CNC(=O)CCN(C)S(=O)(=O)c1ccc(N)c(Br)c1. The second-order valence-electron chi connectivity index (χ2n) is 3.93. The first-order valence-corrected chi connectivity index (χ1v) is 7.74. The molecule has 0 aliphatic carbocycles. The van der Waals surface area contributed by atoms with Gasteiger partial charge in [-0.3, -0.25) is 4.79 Å². The summed E-state index contributed by atoms with van der Waals surface area (Å²) in [4.78, 5) is 11.3. The van der Waals surface area contributed by atoms with Crippen LogP contribution in [0.15, 0.2) is 27.6 Å². The quantitative estimate of drug-likeness (QED) is 0.768. The number of rotatable bonds is 5. The van der Waals surface area contributed by atoms with Crippen molar-refractivity contribution < 1.29 is 13.2 Å². The molecule has 1 aromatic carbocycles. The summed E-state index contributed by atoms with van der Waals surface area (Å²) >= 11 is 3.19. The smallest absolute Gasteiger partial charge is 0.242 e. The number of benzene rings is 1. The molecule has 106 valence electrons. The number of nitrogens with two attached hydrogens (primary N) is 1. The molecule has 0 bridgehead atoms. The molecular formula is C11H16BrN3O3S. The monoisotopic (exact) mass is 349 g/mol. The number of nitrogen functional groups attached to an aromatic ring is 1. The van der Waals surface area contributed by atoms with Crippen molar-refractivity contribution in [3.05, 3.63) is 22.7 Å². The molecule has 0 aliphatic heterocycles. The Morgan fingerprint density at radius 2 is 2.11 bits per heavy atom. The lowest BCUT2D eigenvalue weighted by Crippen LogP contribution is -2.31. The lowest BCUT2D eigenvalue weighted by Gasteiger charge is -2.17. The summed E-state index contributed by atoms with van der Waals surface area (Å²) in [6, 6.07) is 4.40. The van der Waals surface area contributed by atoms with Crippen LogP contribution < -0.4 is 11.1 Å². The molecule has 19 heavy (non-hydrogen) atoms. The van der Waals surface area contributed by atoms with Crippen molar-refractivity contribution in [2.24, 2.45) is 0 Å². The summed E-state index contributed by atoms with van der Waals surface area (Å²) < 4.78 is 26.1. The highest BCUT2D eigenvalue weighted by Crippen LogP contribution is 2.24. The van der Waals surface area contributed by atoms with E-state index in [0.717, 1.165) is 4.31 Å². The van der Waals surface area contributed by atoms with Gasteiger partial charge in [-0.05, 0) is 34.1 Å². The summed E-state index contributed by atoms with van der Waals surface area (Å²) in [5, 5.41) is 2.44. The zero-order chi connectivity index (χ0) is 14.6. The van der Waals surface area contributed by atoms with Crippen LogP contribution >= 0.6 is 15.9 Å². The zero-order valence-electron chi connectivity index (χ0n) is 10.7. The molecule has 0 aliphatic rings. The lowest BCUT2D eigenvalue weighted by molar-refractivity contribution is -0.120. The zero-order valence-corrected chi connectivity index (χ0v) is 13.1. The maximum Gasteiger partial charge on any atom is 0.242 e. The van der Waals surface area contributed by atoms with E-state index in [0.29, 0.717) is 10.2 Å². The third-order valence-electron chi connectivity index (χ3n) is 2.61. The standard InChI is InChI=1S/C11H16BrN3O3S/c1-14-11(16)5-6-15(2)19(17,18)8-3-4-10(13)9(12)7-8/h3-4,7H,5-6,13H2,1-2H3,(H,14,16). The fraction of sp³-hybridized carbons (Fsp3) is 0.364. The van der Waals surface area contributed by atoms with Crippen LogP contribution in [0.5, 0.6) is 0 Å². The minimum atomic E-state index is -3.61. The third-order valence-corrected chi connectivity index (χ3v) is 5.15. The van der Waals surface area contributed by atoms with Gasteiger partial charge in [0.1, 0.15) is 0 Å². The Morgan fingerprint density at radius 1 is 1.47 bits per heavy atom. The predicted octanol–water partition coefficient (Wildman–Crippen LogP) is 0.788. The van der Waals surface area contributed by atoms with Crippen LogP contribution in [0.25, 0.3) is 0 Å². The van der Waals surface area contributed by atoms with Gasteiger partial charge in [-0.2, -0.15) is 0 Å². The van der Waals surface area contributed by atoms with E-state index in [4.69, 9.17) is 5.73 Å². The van der Waals surface area contributed by atoms with Gasteiger partial charge in [-0.1, -0.05) is 0 Å². The number of halogens is 1. The Kier molecular flexibility index (Phi) is 5.33.